The summed E-state index contributed by atoms with van der Waals surface area (Å²) >= 11 is 0. The summed E-state index contributed by atoms with van der Waals surface area (Å²) in [4.78, 5) is 21.7. The molecule has 0 saturated carbocycles. The van der Waals surface area contributed by atoms with Crippen LogP contribution in [0.25, 0.3) is 0 Å². The zero-order chi connectivity index (χ0) is 10.3. The number of Topliss-reactive ketones (excluding diaryl/α,β-unsaturated/α-hetero) is 1. The minimum Gasteiger partial charge on any atom is -0.466 e. The zero-order valence-electron chi connectivity index (χ0n) is 7.87. The zero-order valence-corrected chi connectivity index (χ0v) is 8.69. The quantitative estimate of drug-likeness (QED) is 0.585. The molecule has 0 rings (SSSR count). The summed E-state index contributed by atoms with van der Waals surface area (Å²) in [6.45, 7) is 2.04. The van der Waals surface area contributed by atoms with Gasteiger partial charge in [-0.15, -0.1) is 0 Å². The van der Waals surface area contributed by atoms with Gasteiger partial charge < -0.3 is 4.74 Å². The second kappa shape index (κ2) is 6.77. The van der Waals surface area contributed by atoms with Crippen molar-refractivity contribution < 1.29 is 18.5 Å². The van der Waals surface area contributed by atoms with Crippen LogP contribution in [-0.4, -0.2) is 34.6 Å². The van der Waals surface area contributed by atoms with Crippen molar-refractivity contribution in [3.63, 3.8) is 0 Å². The van der Waals surface area contributed by atoms with Crippen LogP contribution in [0, 0.1) is 0 Å². The Balaban J connectivity index is 3.58. The van der Waals surface area contributed by atoms with Gasteiger partial charge in [-0.1, -0.05) is 0 Å². The van der Waals surface area contributed by atoms with Gasteiger partial charge in [-0.25, -0.2) is 0 Å². The van der Waals surface area contributed by atoms with Gasteiger partial charge in [-0.2, -0.15) is 0 Å². The maximum absolute atomic E-state index is 11.0. The number of rotatable bonds is 6. The van der Waals surface area contributed by atoms with E-state index in [9.17, 15) is 13.8 Å². The molecule has 0 fully saturated rings. The summed E-state index contributed by atoms with van der Waals surface area (Å²) in [5.41, 5.74) is 0. The van der Waals surface area contributed by atoms with Crippen molar-refractivity contribution in [2.24, 2.45) is 0 Å². The highest BCUT2D eigenvalue weighted by atomic mass is 32.2. The molecule has 0 radical (unpaired) electrons. The van der Waals surface area contributed by atoms with E-state index in [1.807, 2.05) is 0 Å². The highest BCUT2D eigenvalue weighted by molar-refractivity contribution is 7.85. The first-order chi connectivity index (χ1) is 6.06. The topological polar surface area (TPSA) is 60.4 Å². The normalized spacial score (nSPS) is 12.2. The average molecular weight is 206 g/mol. The van der Waals surface area contributed by atoms with Gasteiger partial charge in [-0.05, 0) is 6.92 Å². The van der Waals surface area contributed by atoms with Crippen molar-refractivity contribution in [2.75, 3.05) is 18.6 Å². The number of ether oxygens (including phenoxy) is 1. The first kappa shape index (κ1) is 12.3. The molecule has 13 heavy (non-hydrogen) atoms. The summed E-state index contributed by atoms with van der Waals surface area (Å²) in [5.74, 6) is -0.508. The number of carbonyl (C=O) groups excluding carboxylic acids is 2. The van der Waals surface area contributed by atoms with E-state index in [2.05, 4.69) is 4.74 Å². The molecule has 0 amide bonds. The summed E-state index contributed by atoms with van der Waals surface area (Å²) in [6, 6.07) is 0. The molecule has 0 aliphatic heterocycles. The molecule has 5 heteroatoms. The minimum absolute atomic E-state index is 0.0272. The van der Waals surface area contributed by atoms with Crippen molar-refractivity contribution in [3.8, 4) is 0 Å². The second-order valence-corrected chi connectivity index (χ2v) is 4.00. The smallest absolute Gasteiger partial charge is 0.306 e. The molecule has 0 N–H and O–H groups in total. The molecule has 0 aromatic carbocycles. The van der Waals surface area contributed by atoms with Crippen LogP contribution in [-0.2, 0) is 25.1 Å². The van der Waals surface area contributed by atoms with E-state index in [0.717, 1.165) is 0 Å². The molecule has 0 aliphatic carbocycles. The van der Waals surface area contributed by atoms with Gasteiger partial charge in [-0.3, -0.25) is 13.8 Å². The summed E-state index contributed by atoms with van der Waals surface area (Å²) in [7, 11) is -1.12. The van der Waals surface area contributed by atoms with E-state index in [1.54, 1.807) is 6.92 Å². The van der Waals surface area contributed by atoms with E-state index >= 15 is 0 Å². The third-order valence-electron chi connectivity index (χ3n) is 1.28. The van der Waals surface area contributed by atoms with Crippen molar-refractivity contribution in [3.05, 3.63) is 0 Å². The van der Waals surface area contributed by atoms with Gasteiger partial charge >= 0.3 is 5.97 Å². The minimum atomic E-state index is -1.12. The summed E-state index contributed by atoms with van der Waals surface area (Å²) in [5, 5.41) is 0. The highest BCUT2D eigenvalue weighted by Crippen LogP contribution is 1.95. The van der Waals surface area contributed by atoms with Crippen LogP contribution in [0.3, 0.4) is 0 Å². The van der Waals surface area contributed by atoms with E-state index in [1.165, 1.54) is 6.26 Å². The van der Waals surface area contributed by atoms with Crippen molar-refractivity contribution >= 4 is 22.6 Å². The highest BCUT2D eigenvalue weighted by Gasteiger charge is 2.08. The van der Waals surface area contributed by atoms with Crippen molar-refractivity contribution in [1.82, 2.24) is 0 Å². The molecule has 0 heterocycles. The fraction of sp³-hybridized carbons (Fsp3) is 0.750. The molecule has 0 aliphatic rings. The predicted octanol–water partition coefficient (Wildman–Crippen LogP) is 0.277. The Bertz CT molecular complexity index is 212. The number of esters is 1. The molecule has 0 spiro atoms. The van der Waals surface area contributed by atoms with Gasteiger partial charge in [0.25, 0.3) is 0 Å². The number of ketones is 1. The SMILES string of the molecule is CCOC(=O)CCC(=O)CS(C)=O. The Hall–Kier alpha value is -0.710. The molecule has 0 saturated heterocycles. The lowest BCUT2D eigenvalue weighted by Crippen LogP contribution is -2.12. The van der Waals surface area contributed by atoms with E-state index in [0.29, 0.717) is 6.61 Å². The van der Waals surface area contributed by atoms with Crippen LogP contribution in [0.1, 0.15) is 19.8 Å². The Morgan fingerprint density at radius 1 is 1.31 bits per heavy atom. The first-order valence-corrected chi connectivity index (χ1v) is 5.76. The summed E-state index contributed by atoms with van der Waals surface area (Å²) in [6.07, 6.45) is 1.67. The van der Waals surface area contributed by atoms with Gasteiger partial charge in [0.15, 0.2) is 0 Å². The van der Waals surface area contributed by atoms with E-state index in [4.69, 9.17) is 0 Å². The third-order valence-corrected chi connectivity index (χ3v) is 2.01. The molecule has 1 atom stereocenters. The van der Waals surface area contributed by atoms with Gasteiger partial charge in [0, 0.05) is 23.5 Å². The third kappa shape index (κ3) is 7.64. The van der Waals surface area contributed by atoms with Crippen LogP contribution in [0.15, 0.2) is 0 Å². The Morgan fingerprint density at radius 3 is 2.38 bits per heavy atom. The standard InChI is InChI=1S/C8H14O4S/c1-3-12-8(10)5-4-7(9)6-13(2)11/h3-6H2,1-2H3. The Labute approximate surface area is 80.1 Å². The molecule has 76 valence electrons. The van der Waals surface area contributed by atoms with Gasteiger partial charge in [0.1, 0.15) is 5.78 Å². The van der Waals surface area contributed by atoms with E-state index < -0.39 is 10.8 Å². The largest absolute Gasteiger partial charge is 0.466 e. The molecular formula is C8H14O4S. The predicted molar refractivity (Wildman–Crippen MR) is 49.8 cm³/mol. The lowest BCUT2D eigenvalue weighted by molar-refractivity contribution is -0.144. The number of hydrogen-bond donors (Lipinski definition) is 0. The van der Waals surface area contributed by atoms with Crippen LogP contribution < -0.4 is 0 Å². The monoisotopic (exact) mass is 206 g/mol. The maximum atomic E-state index is 11.0. The van der Waals surface area contributed by atoms with Gasteiger partial charge in [0.2, 0.25) is 0 Å². The molecule has 4 nitrogen and oxygen atoms in total. The average Bonchev–Trinajstić information content (AvgIpc) is 2.00. The Morgan fingerprint density at radius 2 is 1.92 bits per heavy atom. The summed E-state index contributed by atoms with van der Waals surface area (Å²) < 4.78 is 15.2. The Kier molecular flexibility index (Phi) is 6.40. The van der Waals surface area contributed by atoms with Crippen LogP contribution >= 0.6 is 0 Å². The fourth-order valence-electron chi connectivity index (χ4n) is 0.774. The molecule has 0 bridgehead atoms. The maximum Gasteiger partial charge on any atom is 0.306 e. The molecule has 0 aromatic heterocycles. The van der Waals surface area contributed by atoms with Crippen molar-refractivity contribution in [1.29, 1.82) is 0 Å². The lowest BCUT2D eigenvalue weighted by Gasteiger charge is -2.00. The number of carbonyl (C=O) groups is 2. The lowest BCUT2D eigenvalue weighted by atomic mass is 10.2. The van der Waals surface area contributed by atoms with E-state index in [-0.39, 0.29) is 30.3 Å². The van der Waals surface area contributed by atoms with Crippen molar-refractivity contribution in [2.45, 2.75) is 19.8 Å². The van der Waals surface area contributed by atoms with Crippen LogP contribution in [0.4, 0.5) is 0 Å². The first-order valence-electron chi connectivity index (χ1n) is 4.03. The fourth-order valence-corrected chi connectivity index (χ4v) is 1.37. The van der Waals surface area contributed by atoms with Gasteiger partial charge in [0.05, 0.1) is 18.8 Å². The second-order valence-electron chi connectivity index (χ2n) is 2.56. The molecular weight excluding hydrogens is 192 g/mol. The number of hydrogen-bond acceptors (Lipinski definition) is 4. The van der Waals surface area contributed by atoms with Crippen LogP contribution in [0.2, 0.25) is 0 Å². The molecule has 1 unspecified atom stereocenters. The molecule has 0 aromatic rings. The van der Waals surface area contributed by atoms with Crippen LogP contribution in [0.5, 0.6) is 0 Å².